The lowest BCUT2D eigenvalue weighted by molar-refractivity contribution is 0.0150. The minimum atomic E-state index is -0.146. The summed E-state index contributed by atoms with van der Waals surface area (Å²) >= 11 is 0. The largest absolute Gasteiger partial charge is 0.379 e. The van der Waals surface area contributed by atoms with Crippen molar-refractivity contribution in [2.24, 2.45) is 0 Å². The molecule has 7 rings (SSSR count). The molecule has 0 aliphatic carbocycles. The van der Waals surface area contributed by atoms with Gasteiger partial charge in [0.05, 0.1) is 35.7 Å². The van der Waals surface area contributed by atoms with Gasteiger partial charge in [-0.15, -0.1) is 0 Å². The smallest absolute Gasteiger partial charge is 0.262 e. The van der Waals surface area contributed by atoms with E-state index in [0.717, 1.165) is 48.2 Å². The van der Waals surface area contributed by atoms with E-state index >= 15 is 0 Å². The van der Waals surface area contributed by atoms with Crippen molar-refractivity contribution in [1.29, 1.82) is 0 Å². The SMILES string of the molecule is O=c1c(-c2ccc(-c3ccccn3)cn2)cc2cnc(Nc3ccc(C4CCCCO4)cc3)nc2n1C1CCOC1. The van der Waals surface area contributed by atoms with Gasteiger partial charge in [-0.2, -0.15) is 4.98 Å². The molecule has 9 nitrogen and oxygen atoms in total. The molecule has 2 atom stereocenters. The van der Waals surface area contributed by atoms with E-state index in [9.17, 15) is 4.79 Å². The van der Waals surface area contributed by atoms with Gasteiger partial charge in [-0.25, -0.2) is 4.98 Å². The zero-order chi connectivity index (χ0) is 27.6. The maximum atomic E-state index is 13.9. The summed E-state index contributed by atoms with van der Waals surface area (Å²) < 4.78 is 13.3. The highest BCUT2D eigenvalue weighted by molar-refractivity contribution is 5.81. The van der Waals surface area contributed by atoms with Gasteiger partial charge in [0, 0.05) is 48.4 Å². The molecule has 4 aromatic heterocycles. The van der Waals surface area contributed by atoms with Crippen LogP contribution in [0.4, 0.5) is 11.6 Å². The normalized spacial score (nSPS) is 18.9. The van der Waals surface area contributed by atoms with Crippen LogP contribution < -0.4 is 10.9 Å². The highest BCUT2D eigenvalue weighted by atomic mass is 16.5. The molecule has 0 bridgehead atoms. The maximum absolute atomic E-state index is 13.9. The lowest BCUT2D eigenvalue weighted by atomic mass is 10.0. The molecular formula is C32H30N6O3. The number of fused-ring (bicyclic) bond motifs is 1. The van der Waals surface area contributed by atoms with Crippen LogP contribution in [-0.2, 0) is 9.47 Å². The number of benzene rings is 1. The molecule has 2 unspecified atom stereocenters. The molecule has 0 spiro atoms. The Morgan fingerprint density at radius 3 is 2.54 bits per heavy atom. The van der Waals surface area contributed by atoms with Gasteiger partial charge in [0.2, 0.25) is 5.95 Å². The van der Waals surface area contributed by atoms with Gasteiger partial charge in [0.25, 0.3) is 5.56 Å². The van der Waals surface area contributed by atoms with Crippen LogP contribution in [0.3, 0.4) is 0 Å². The van der Waals surface area contributed by atoms with Crippen molar-refractivity contribution < 1.29 is 9.47 Å². The number of anilines is 2. The standard InChI is InChI=1S/C32H30N6O3/c39-31-26(28-12-9-22(18-34-28)27-5-1-3-14-33-27)17-23-19-35-32(37-30(23)38(31)25-13-16-40-20-25)36-24-10-7-21(8-11-24)29-6-2-4-15-41-29/h1,3,5,7-12,14,17-19,25,29H,2,4,6,13,15-16,20H2,(H,35,36,37). The van der Waals surface area contributed by atoms with Gasteiger partial charge < -0.3 is 14.8 Å². The summed E-state index contributed by atoms with van der Waals surface area (Å²) in [4.78, 5) is 32.4. The number of aromatic nitrogens is 5. The van der Waals surface area contributed by atoms with Crippen molar-refractivity contribution in [2.75, 3.05) is 25.1 Å². The van der Waals surface area contributed by atoms with Crippen LogP contribution in [0.1, 0.15) is 43.4 Å². The number of ether oxygens (including phenoxy) is 2. The predicted molar refractivity (Wildman–Crippen MR) is 157 cm³/mol. The lowest BCUT2D eigenvalue weighted by Gasteiger charge is -2.23. The van der Waals surface area contributed by atoms with Crippen LogP contribution in [0.2, 0.25) is 0 Å². The minimum Gasteiger partial charge on any atom is -0.379 e. The quantitative estimate of drug-likeness (QED) is 0.282. The Balaban J connectivity index is 1.22. The predicted octanol–water partition coefficient (Wildman–Crippen LogP) is 5.86. The van der Waals surface area contributed by atoms with Crippen LogP contribution >= 0.6 is 0 Å². The number of pyridine rings is 3. The summed E-state index contributed by atoms with van der Waals surface area (Å²) in [7, 11) is 0. The first kappa shape index (κ1) is 25.5. The van der Waals surface area contributed by atoms with Gasteiger partial charge in [-0.1, -0.05) is 18.2 Å². The second kappa shape index (κ2) is 11.2. The van der Waals surface area contributed by atoms with Gasteiger partial charge in [0.15, 0.2) is 0 Å². The number of hydrogen-bond donors (Lipinski definition) is 1. The number of nitrogens with zero attached hydrogens (tertiary/aromatic N) is 5. The molecule has 2 saturated heterocycles. The first-order chi connectivity index (χ1) is 20.2. The highest BCUT2D eigenvalue weighted by Crippen LogP contribution is 2.30. The van der Waals surface area contributed by atoms with Crippen molar-refractivity contribution in [2.45, 2.75) is 37.8 Å². The molecule has 9 heteroatoms. The average Bonchev–Trinajstić information content (AvgIpc) is 3.57. The third-order valence-electron chi connectivity index (χ3n) is 7.76. The summed E-state index contributed by atoms with van der Waals surface area (Å²) in [5.41, 5.74) is 5.29. The third-order valence-corrected chi connectivity index (χ3v) is 7.76. The number of nitrogens with one attached hydrogen (secondary N) is 1. The van der Waals surface area contributed by atoms with E-state index < -0.39 is 0 Å². The molecule has 5 aromatic rings. The summed E-state index contributed by atoms with van der Waals surface area (Å²) in [6, 6.07) is 19.5. The van der Waals surface area contributed by atoms with Crippen LogP contribution in [-0.4, -0.2) is 44.3 Å². The molecule has 0 amide bonds. The lowest BCUT2D eigenvalue weighted by Crippen LogP contribution is -2.28. The fourth-order valence-corrected chi connectivity index (χ4v) is 5.58. The van der Waals surface area contributed by atoms with Crippen molar-refractivity contribution in [3.05, 3.63) is 95.2 Å². The molecule has 1 aromatic carbocycles. The molecule has 2 aliphatic rings. The third kappa shape index (κ3) is 5.21. The maximum Gasteiger partial charge on any atom is 0.262 e. The Morgan fingerprint density at radius 2 is 1.80 bits per heavy atom. The Morgan fingerprint density at radius 1 is 0.878 bits per heavy atom. The fraction of sp³-hybridized carbons (Fsp3) is 0.281. The Bertz CT molecular complexity index is 1710. The van der Waals surface area contributed by atoms with E-state index in [1.165, 1.54) is 12.0 Å². The molecule has 0 radical (unpaired) electrons. The van der Waals surface area contributed by atoms with Crippen LogP contribution in [0.5, 0.6) is 0 Å². The van der Waals surface area contributed by atoms with E-state index in [0.29, 0.717) is 36.1 Å². The van der Waals surface area contributed by atoms with E-state index in [2.05, 4.69) is 32.4 Å². The van der Waals surface area contributed by atoms with Crippen molar-refractivity contribution >= 4 is 22.7 Å². The zero-order valence-corrected chi connectivity index (χ0v) is 22.6. The topological polar surface area (TPSA) is 104 Å². The first-order valence-corrected chi connectivity index (χ1v) is 14.1. The van der Waals surface area contributed by atoms with E-state index in [1.54, 1.807) is 23.2 Å². The van der Waals surface area contributed by atoms with Crippen LogP contribution in [0.25, 0.3) is 33.5 Å². The molecule has 1 N–H and O–H groups in total. The van der Waals surface area contributed by atoms with Gasteiger partial charge in [0.1, 0.15) is 5.65 Å². The summed E-state index contributed by atoms with van der Waals surface area (Å²) in [5.74, 6) is 0.428. The minimum absolute atomic E-state index is 0.115. The molecule has 2 fully saturated rings. The summed E-state index contributed by atoms with van der Waals surface area (Å²) in [6.45, 7) is 1.88. The van der Waals surface area contributed by atoms with Crippen molar-refractivity contribution in [3.63, 3.8) is 0 Å². The summed E-state index contributed by atoms with van der Waals surface area (Å²) in [5, 5.41) is 4.07. The zero-order valence-electron chi connectivity index (χ0n) is 22.6. The Labute approximate surface area is 237 Å². The second-order valence-corrected chi connectivity index (χ2v) is 10.5. The number of hydrogen-bond acceptors (Lipinski definition) is 8. The van der Waals surface area contributed by atoms with E-state index in [1.807, 2.05) is 48.5 Å². The average molecular weight is 547 g/mol. The molecule has 6 heterocycles. The van der Waals surface area contributed by atoms with Gasteiger partial charge in [-0.3, -0.25) is 19.3 Å². The van der Waals surface area contributed by atoms with Gasteiger partial charge >= 0.3 is 0 Å². The summed E-state index contributed by atoms with van der Waals surface area (Å²) in [6.07, 6.45) is 9.52. The Kier molecular flexibility index (Phi) is 6.96. The van der Waals surface area contributed by atoms with E-state index in [-0.39, 0.29) is 17.7 Å². The van der Waals surface area contributed by atoms with Crippen LogP contribution in [0, 0.1) is 0 Å². The Hall–Kier alpha value is -4.47. The van der Waals surface area contributed by atoms with Gasteiger partial charge in [-0.05, 0) is 73.7 Å². The van der Waals surface area contributed by atoms with Crippen molar-refractivity contribution in [1.82, 2.24) is 24.5 Å². The molecule has 0 saturated carbocycles. The second-order valence-electron chi connectivity index (χ2n) is 10.5. The fourth-order valence-electron chi connectivity index (χ4n) is 5.58. The highest BCUT2D eigenvalue weighted by Gasteiger charge is 2.24. The van der Waals surface area contributed by atoms with Crippen molar-refractivity contribution in [3.8, 4) is 22.5 Å². The van der Waals surface area contributed by atoms with Crippen LogP contribution in [0.15, 0.2) is 84.0 Å². The first-order valence-electron chi connectivity index (χ1n) is 14.1. The molecule has 41 heavy (non-hydrogen) atoms. The molecular weight excluding hydrogens is 516 g/mol. The van der Waals surface area contributed by atoms with E-state index in [4.69, 9.17) is 14.5 Å². The molecule has 2 aliphatic heterocycles. The molecule has 206 valence electrons. The monoisotopic (exact) mass is 546 g/mol. The number of rotatable bonds is 6.